The number of hydrogen-bond donors (Lipinski definition) is 2. The van der Waals surface area contributed by atoms with E-state index in [0.29, 0.717) is 29.3 Å². The molecule has 0 aliphatic rings. The third-order valence-electron chi connectivity index (χ3n) is 3.51. The van der Waals surface area contributed by atoms with Gasteiger partial charge in [0.2, 0.25) is 0 Å². The molecule has 4 N–H and O–H groups in total. The average Bonchev–Trinajstić information content (AvgIpc) is 2.59. The highest BCUT2D eigenvalue weighted by Crippen LogP contribution is 2.25. The monoisotopic (exact) mass is 342 g/mol. The van der Waals surface area contributed by atoms with Crippen LogP contribution >= 0.6 is 0 Å². The number of carbonyl (C=O) groups is 1. The topological polar surface area (TPSA) is 96.8 Å². The minimum absolute atomic E-state index is 0.242. The largest absolute Gasteiger partial charge is 0.497 e. The van der Waals surface area contributed by atoms with E-state index in [-0.39, 0.29) is 6.61 Å². The molecule has 0 saturated heterocycles. The predicted octanol–water partition coefficient (Wildman–Crippen LogP) is 2.67. The Morgan fingerprint density at radius 2 is 1.76 bits per heavy atom. The van der Waals surface area contributed by atoms with Gasteiger partial charge < -0.3 is 25.7 Å². The highest BCUT2D eigenvalue weighted by molar-refractivity contribution is 5.87. The maximum absolute atomic E-state index is 11.8. The van der Waals surface area contributed by atoms with Crippen molar-refractivity contribution in [3.05, 3.63) is 53.6 Å². The van der Waals surface area contributed by atoms with Crippen molar-refractivity contribution >= 4 is 23.4 Å². The molecule has 0 aliphatic carbocycles. The van der Waals surface area contributed by atoms with Gasteiger partial charge in [-0.3, -0.25) is 0 Å². The number of hydrogen-bond acceptors (Lipinski definition) is 6. The maximum atomic E-state index is 11.8. The van der Waals surface area contributed by atoms with E-state index in [1.807, 2.05) is 12.1 Å². The van der Waals surface area contributed by atoms with E-state index in [1.54, 1.807) is 44.6 Å². The summed E-state index contributed by atoms with van der Waals surface area (Å²) in [4.78, 5) is 11.8. The van der Waals surface area contributed by atoms with Gasteiger partial charge in [-0.25, -0.2) is 4.79 Å². The zero-order valence-electron chi connectivity index (χ0n) is 14.3. The summed E-state index contributed by atoms with van der Waals surface area (Å²) in [5.41, 5.74) is 14.3. The lowest BCUT2D eigenvalue weighted by molar-refractivity contribution is -0.137. The van der Waals surface area contributed by atoms with Crippen molar-refractivity contribution in [1.29, 1.82) is 0 Å². The third-order valence-corrected chi connectivity index (χ3v) is 3.51. The number of methoxy groups -OCH3 is 2. The third kappa shape index (κ3) is 5.46. The van der Waals surface area contributed by atoms with E-state index in [0.717, 1.165) is 11.1 Å². The highest BCUT2D eigenvalue weighted by atomic mass is 16.5. The predicted molar refractivity (Wildman–Crippen MR) is 98.5 cm³/mol. The van der Waals surface area contributed by atoms with Crippen LogP contribution in [-0.2, 0) is 16.0 Å². The Hall–Kier alpha value is -3.15. The van der Waals surface area contributed by atoms with Crippen molar-refractivity contribution < 1.29 is 19.0 Å². The summed E-state index contributed by atoms with van der Waals surface area (Å²) in [6.07, 6.45) is 3.54. The van der Waals surface area contributed by atoms with Gasteiger partial charge in [0.05, 0.1) is 20.8 Å². The van der Waals surface area contributed by atoms with Gasteiger partial charge in [-0.15, -0.1) is 0 Å². The van der Waals surface area contributed by atoms with E-state index in [9.17, 15) is 4.79 Å². The molecule has 0 aliphatic heterocycles. The molecule has 2 aromatic carbocycles. The molecular formula is C19H22N2O4. The van der Waals surface area contributed by atoms with Crippen molar-refractivity contribution in [2.24, 2.45) is 0 Å². The van der Waals surface area contributed by atoms with Gasteiger partial charge in [0.25, 0.3) is 0 Å². The lowest BCUT2D eigenvalue weighted by atomic mass is 10.1. The van der Waals surface area contributed by atoms with Crippen LogP contribution in [0.2, 0.25) is 0 Å². The minimum Gasteiger partial charge on any atom is -0.497 e. The smallest absolute Gasteiger partial charge is 0.330 e. The number of anilines is 2. The maximum Gasteiger partial charge on any atom is 0.330 e. The van der Waals surface area contributed by atoms with Gasteiger partial charge in [0.15, 0.2) is 0 Å². The first-order valence-corrected chi connectivity index (χ1v) is 7.73. The summed E-state index contributed by atoms with van der Waals surface area (Å²) in [5.74, 6) is 0.853. The van der Waals surface area contributed by atoms with E-state index >= 15 is 0 Å². The van der Waals surface area contributed by atoms with E-state index in [2.05, 4.69) is 0 Å². The van der Waals surface area contributed by atoms with Gasteiger partial charge in [-0.05, 0) is 42.0 Å². The number of benzene rings is 2. The molecule has 0 aromatic heterocycles. The SMILES string of the molecule is COc1ccc(/C=C/C(=O)OCCc2cc(N)cc(N)c2)c(OC)c1. The first-order chi connectivity index (χ1) is 12.0. The molecule has 6 heteroatoms. The molecule has 0 amide bonds. The van der Waals surface area contributed by atoms with Crippen LogP contribution in [-0.4, -0.2) is 26.8 Å². The van der Waals surface area contributed by atoms with Gasteiger partial charge in [-0.2, -0.15) is 0 Å². The zero-order valence-corrected chi connectivity index (χ0v) is 14.3. The Balaban J connectivity index is 1.90. The minimum atomic E-state index is -0.435. The van der Waals surface area contributed by atoms with Crippen LogP contribution in [0.3, 0.4) is 0 Å². The van der Waals surface area contributed by atoms with Crippen molar-refractivity contribution in [2.75, 3.05) is 32.3 Å². The second-order valence-electron chi connectivity index (χ2n) is 5.37. The van der Waals surface area contributed by atoms with Crippen molar-refractivity contribution in [2.45, 2.75) is 6.42 Å². The fourth-order valence-electron chi connectivity index (χ4n) is 2.32. The van der Waals surface area contributed by atoms with E-state index in [4.69, 9.17) is 25.7 Å². The highest BCUT2D eigenvalue weighted by Gasteiger charge is 2.04. The van der Waals surface area contributed by atoms with Crippen molar-refractivity contribution in [3.8, 4) is 11.5 Å². The quantitative estimate of drug-likeness (QED) is 0.456. The van der Waals surface area contributed by atoms with Crippen LogP contribution in [0, 0.1) is 0 Å². The van der Waals surface area contributed by atoms with Gasteiger partial charge >= 0.3 is 5.97 Å². The number of ether oxygens (including phenoxy) is 3. The molecule has 132 valence electrons. The summed E-state index contributed by atoms with van der Waals surface area (Å²) >= 11 is 0. The first-order valence-electron chi connectivity index (χ1n) is 7.73. The van der Waals surface area contributed by atoms with Crippen LogP contribution in [0.15, 0.2) is 42.5 Å². The molecule has 2 aromatic rings. The van der Waals surface area contributed by atoms with E-state index in [1.165, 1.54) is 6.08 Å². The van der Waals surface area contributed by atoms with Crippen LogP contribution in [0.1, 0.15) is 11.1 Å². The number of carbonyl (C=O) groups excluding carboxylic acids is 1. The number of esters is 1. The summed E-state index contributed by atoms with van der Waals surface area (Å²) in [6.45, 7) is 0.242. The molecule has 0 radical (unpaired) electrons. The number of nitrogens with two attached hydrogens (primary N) is 2. The molecule has 0 fully saturated rings. The summed E-state index contributed by atoms with van der Waals surface area (Å²) < 4.78 is 15.6. The molecule has 0 spiro atoms. The Morgan fingerprint density at radius 3 is 2.40 bits per heavy atom. The average molecular weight is 342 g/mol. The molecule has 0 unspecified atom stereocenters. The molecule has 6 nitrogen and oxygen atoms in total. The lowest BCUT2D eigenvalue weighted by Gasteiger charge is -2.07. The van der Waals surface area contributed by atoms with E-state index < -0.39 is 5.97 Å². The van der Waals surface area contributed by atoms with Crippen molar-refractivity contribution in [1.82, 2.24) is 0 Å². The second kappa shape index (κ2) is 8.63. The van der Waals surface area contributed by atoms with Crippen LogP contribution < -0.4 is 20.9 Å². The normalized spacial score (nSPS) is 10.6. The van der Waals surface area contributed by atoms with Crippen LogP contribution in [0.4, 0.5) is 11.4 Å². The zero-order chi connectivity index (χ0) is 18.2. The first kappa shape index (κ1) is 18.2. The molecule has 0 heterocycles. The fraction of sp³-hybridized carbons (Fsp3) is 0.211. The lowest BCUT2D eigenvalue weighted by Crippen LogP contribution is -2.05. The second-order valence-corrected chi connectivity index (χ2v) is 5.37. The van der Waals surface area contributed by atoms with Gasteiger partial charge in [0.1, 0.15) is 11.5 Å². The Bertz CT molecular complexity index is 752. The molecule has 0 atom stereocenters. The summed E-state index contributed by atoms with van der Waals surface area (Å²) in [5, 5.41) is 0. The van der Waals surface area contributed by atoms with Gasteiger partial charge in [0, 0.05) is 35.5 Å². The van der Waals surface area contributed by atoms with Crippen molar-refractivity contribution in [3.63, 3.8) is 0 Å². The summed E-state index contributed by atoms with van der Waals surface area (Å²) in [6, 6.07) is 10.6. The molecule has 25 heavy (non-hydrogen) atoms. The van der Waals surface area contributed by atoms with Crippen LogP contribution in [0.5, 0.6) is 11.5 Å². The number of rotatable bonds is 7. The fourth-order valence-corrected chi connectivity index (χ4v) is 2.32. The molecule has 2 rings (SSSR count). The standard InChI is InChI=1S/C19H22N2O4/c1-23-17-5-3-14(18(12-17)24-2)4-6-19(22)25-8-7-13-9-15(20)11-16(21)10-13/h3-6,9-12H,7-8,20-21H2,1-2H3/b6-4+. The van der Waals surface area contributed by atoms with Crippen LogP contribution in [0.25, 0.3) is 6.08 Å². The Morgan fingerprint density at radius 1 is 1.04 bits per heavy atom. The molecular weight excluding hydrogens is 320 g/mol. The molecule has 0 bridgehead atoms. The Labute approximate surface area is 147 Å². The van der Waals surface area contributed by atoms with Gasteiger partial charge in [-0.1, -0.05) is 0 Å². The number of nitrogen functional groups attached to an aromatic ring is 2. The Kier molecular flexibility index (Phi) is 6.28. The molecule has 0 saturated carbocycles. The summed E-state index contributed by atoms with van der Waals surface area (Å²) in [7, 11) is 3.14.